The SMILES string of the molecule is [Cl-].[Cl-].[Zr+2]=[C]1CCCCC1.[c-]1c(C2CCCCC2)ccc2c1Cc1cc(C3CCCCC3)ccc1-2.c1cc[cH-]c1. The maximum atomic E-state index is 3.84. The molecule has 0 aromatic heterocycles. The smallest absolute Gasteiger partial charge is 0.0162 e. The van der Waals surface area contributed by atoms with Crippen LogP contribution in [-0.4, -0.2) is 3.21 Å². The van der Waals surface area contributed by atoms with Gasteiger partial charge in [0.2, 0.25) is 0 Å². The van der Waals surface area contributed by atoms with E-state index >= 15 is 0 Å². The van der Waals surface area contributed by atoms with E-state index < -0.39 is 0 Å². The number of rotatable bonds is 2. The van der Waals surface area contributed by atoms with Crippen molar-refractivity contribution in [3.8, 4) is 11.1 Å². The summed E-state index contributed by atoms with van der Waals surface area (Å²) in [5.41, 5.74) is 9.01. The fourth-order valence-electron chi connectivity index (χ4n) is 6.80. The molecular formula is C36H44Cl2Zr-2. The molecule has 0 aliphatic heterocycles. The predicted octanol–water partition coefficient (Wildman–Crippen LogP) is 4.24. The molecule has 7 rings (SSSR count). The Bertz CT molecular complexity index is 1030. The molecule has 3 fully saturated rings. The molecule has 3 aromatic rings. The minimum atomic E-state index is 0. The quantitative estimate of drug-likeness (QED) is 0.289. The molecule has 0 spiro atoms. The van der Waals surface area contributed by atoms with Gasteiger partial charge in [-0.25, -0.2) is 12.1 Å². The van der Waals surface area contributed by atoms with E-state index in [4.69, 9.17) is 0 Å². The number of fused-ring (bicyclic) bond motifs is 3. The first-order valence-electron chi connectivity index (χ1n) is 15.2. The molecule has 0 saturated heterocycles. The molecule has 4 aliphatic rings. The molecule has 3 aromatic carbocycles. The number of halogens is 2. The van der Waals surface area contributed by atoms with E-state index in [1.165, 1.54) is 119 Å². The van der Waals surface area contributed by atoms with E-state index in [1.54, 1.807) is 38.6 Å². The number of hydrogen-bond acceptors (Lipinski definition) is 0. The van der Waals surface area contributed by atoms with Crippen molar-refractivity contribution in [2.75, 3.05) is 0 Å². The van der Waals surface area contributed by atoms with Gasteiger partial charge >= 0.3 is 59.5 Å². The minimum absolute atomic E-state index is 0. The molecular weight excluding hydrogens is 595 g/mol. The van der Waals surface area contributed by atoms with Crippen molar-refractivity contribution in [2.24, 2.45) is 0 Å². The molecule has 3 saturated carbocycles. The summed E-state index contributed by atoms with van der Waals surface area (Å²) in [5, 5.41) is 0. The van der Waals surface area contributed by atoms with Crippen molar-refractivity contribution in [3.63, 3.8) is 0 Å². The summed E-state index contributed by atoms with van der Waals surface area (Å²) in [6.45, 7) is 0. The van der Waals surface area contributed by atoms with Gasteiger partial charge in [0.15, 0.2) is 0 Å². The molecule has 0 bridgehead atoms. The summed E-state index contributed by atoms with van der Waals surface area (Å²) in [5.74, 6) is 1.57. The van der Waals surface area contributed by atoms with E-state index in [1.807, 2.05) is 30.3 Å². The first-order valence-corrected chi connectivity index (χ1v) is 16.4. The van der Waals surface area contributed by atoms with Gasteiger partial charge in [-0.1, -0.05) is 62.3 Å². The Morgan fingerprint density at radius 1 is 0.667 bits per heavy atom. The Morgan fingerprint density at radius 2 is 1.26 bits per heavy atom. The molecule has 0 nitrogen and oxygen atoms in total. The molecule has 0 N–H and O–H groups in total. The maximum absolute atomic E-state index is 3.84. The number of benzene rings is 2. The van der Waals surface area contributed by atoms with Crippen LogP contribution in [0.2, 0.25) is 0 Å². The zero-order chi connectivity index (χ0) is 25.3. The second kappa shape index (κ2) is 17.2. The minimum Gasteiger partial charge on any atom is -0.214 e. The molecule has 3 heteroatoms. The van der Waals surface area contributed by atoms with Crippen LogP contribution in [-0.2, 0) is 30.7 Å². The summed E-state index contributed by atoms with van der Waals surface area (Å²) in [7, 11) is 0. The summed E-state index contributed by atoms with van der Waals surface area (Å²) in [6.07, 6.45) is 22.4. The summed E-state index contributed by atoms with van der Waals surface area (Å²) in [6, 6.07) is 26.0. The third-order valence-electron chi connectivity index (χ3n) is 8.97. The van der Waals surface area contributed by atoms with Crippen LogP contribution in [0.15, 0.2) is 60.7 Å². The van der Waals surface area contributed by atoms with Crippen LogP contribution in [0.1, 0.15) is 130 Å². The molecule has 0 atom stereocenters. The first kappa shape index (κ1) is 32.6. The summed E-state index contributed by atoms with van der Waals surface area (Å²) in [4.78, 5) is 0. The Morgan fingerprint density at radius 3 is 1.82 bits per heavy atom. The Balaban J connectivity index is 0.000000250. The Labute approximate surface area is 265 Å². The van der Waals surface area contributed by atoms with E-state index in [2.05, 4.69) is 36.4 Å². The number of hydrogen-bond donors (Lipinski definition) is 0. The van der Waals surface area contributed by atoms with Gasteiger partial charge in [0, 0.05) is 0 Å². The molecule has 4 aliphatic carbocycles. The van der Waals surface area contributed by atoms with Gasteiger partial charge in [-0.05, 0) is 55.1 Å². The summed E-state index contributed by atoms with van der Waals surface area (Å²) >= 11 is 1.69. The monoisotopic (exact) mass is 636 g/mol. The standard InChI is InChI=1S/C25H29.C6H10.C5H5.2ClH.Zr/c1-3-7-18(8-4-1)20-11-13-24-22(15-20)17-23-16-21(12-14-25(23)24)19-9-5-2-6-10-19;1-2-4-6-5-3-1;1-2-4-5-3-1;;;/h11-15,18-19H,1-10,17H2;1-5H2;1-5H;2*1H;/q-1;;-1;;;+2/p-2. The fourth-order valence-corrected chi connectivity index (χ4v) is 7.67. The van der Waals surface area contributed by atoms with Crippen molar-refractivity contribution in [1.82, 2.24) is 0 Å². The molecule has 0 unspecified atom stereocenters. The zero-order valence-corrected chi connectivity index (χ0v) is 27.5. The zero-order valence-electron chi connectivity index (χ0n) is 23.5. The molecule has 39 heavy (non-hydrogen) atoms. The van der Waals surface area contributed by atoms with Gasteiger partial charge in [0.25, 0.3) is 0 Å². The van der Waals surface area contributed by atoms with E-state index in [0.717, 1.165) is 18.3 Å². The topological polar surface area (TPSA) is 0 Å². The van der Waals surface area contributed by atoms with Crippen molar-refractivity contribution in [1.29, 1.82) is 0 Å². The predicted molar refractivity (Wildman–Crippen MR) is 155 cm³/mol. The van der Waals surface area contributed by atoms with Gasteiger partial charge in [-0.15, -0.1) is 11.1 Å². The average molecular weight is 639 g/mol. The average Bonchev–Trinajstić information content (AvgIpc) is 3.66. The van der Waals surface area contributed by atoms with Crippen LogP contribution in [0.5, 0.6) is 0 Å². The van der Waals surface area contributed by atoms with Crippen molar-refractivity contribution >= 4 is 3.21 Å². The normalized spacial score (nSPS) is 18.7. The van der Waals surface area contributed by atoms with Crippen molar-refractivity contribution in [3.05, 3.63) is 89.0 Å². The van der Waals surface area contributed by atoms with Crippen LogP contribution in [0.4, 0.5) is 0 Å². The second-order valence-electron chi connectivity index (χ2n) is 11.7. The molecule has 0 heterocycles. The Kier molecular flexibility index (Phi) is 14.4. The van der Waals surface area contributed by atoms with Crippen molar-refractivity contribution in [2.45, 2.75) is 115 Å². The van der Waals surface area contributed by atoms with Gasteiger partial charge < -0.3 is 24.8 Å². The third kappa shape index (κ3) is 9.31. The maximum Gasteiger partial charge on any atom is -0.0162 e. The van der Waals surface area contributed by atoms with E-state index in [9.17, 15) is 0 Å². The second-order valence-corrected chi connectivity index (χ2v) is 13.4. The first-order chi connectivity index (χ1) is 18.3. The van der Waals surface area contributed by atoms with Crippen LogP contribution >= 0.6 is 0 Å². The van der Waals surface area contributed by atoms with Crippen LogP contribution in [0.3, 0.4) is 0 Å². The van der Waals surface area contributed by atoms with Gasteiger partial charge in [-0.2, -0.15) is 42.0 Å². The van der Waals surface area contributed by atoms with E-state index in [0.29, 0.717) is 0 Å². The van der Waals surface area contributed by atoms with Gasteiger partial charge in [0.1, 0.15) is 0 Å². The largest absolute Gasteiger partial charge is 0.214 e. The van der Waals surface area contributed by atoms with Crippen LogP contribution in [0, 0.1) is 6.07 Å². The van der Waals surface area contributed by atoms with Crippen LogP contribution < -0.4 is 24.8 Å². The summed E-state index contributed by atoms with van der Waals surface area (Å²) < 4.78 is 1.80. The fraction of sp³-hybridized carbons (Fsp3) is 0.500. The molecule has 208 valence electrons. The van der Waals surface area contributed by atoms with E-state index in [-0.39, 0.29) is 24.8 Å². The third-order valence-corrected chi connectivity index (χ3v) is 10.2. The molecule has 0 radical (unpaired) electrons. The van der Waals surface area contributed by atoms with Crippen molar-refractivity contribution < 1.29 is 49.0 Å². The van der Waals surface area contributed by atoms with Gasteiger partial charge in [0.05, 0.1) is 0 Å². The molecule has 0 amide bonds. The Hall–Kier alpha value is -0.877. The van der Waals surface area contributed by atoms with Crippen LogP contribution in [0.25, 0.3) is 11.1 Å². The van der Waals surface area contributed by atoms with Gasteiger partial charge in [-0.3, -0.25) is 0 Å².